The van der Waals surface area contributed by atoms with E-state index in [0.29, 0.717) is 10.7 Å². The number of H-pyrrole nitrogens is 1. The summed E-state index contributed by atoms with van der Waals surface area (Å²) in [6, 6.07) is 14.1. The highest BCUT2D eigenvalue weighted by Crippen LogP contribution is 2.29. The molecule has 4 rings (SSSR count). The van der Waals surface area contributed by atoms with Crippen LogP contribution in [0.15, 0.2) is 54.0 Å². The highest BCUT2D eigenvalue weighted by Gasteiger charge is 2.14. The molecular weight excluding hydrogens is 330 g/mol. The number of benzene rings is 2. The van der Waals surface area contributed by atoms with Gasteiger partial charge in [0.25, 0.3) is 5.91 Å². The van der Waals surface area contributed by atoms with Gasteiger partial charge in [-0.3, -0.25) is 10.1 Å². The zero-order chi connectivity index (χ0) is 17.4. The standard InChI is InChI=1S/C20H17N3OS/c1-12-7-8-13(2)15(9-12)18-11-25-20(22-18)23-19(24)16-10-21-17-6-4-3-5-14(16)17/h3-11,21H,1-2H3,(H,22,23,24). The van der Waals surface area contributed by atoms with Crippen LogP contribution in [0.2, 0.25) is 0 Å². The number of aromatic nitrogens is 2. The van der Waals surface area contributed by atoms with Gasteiger partial charge in [-0.1, -0.05) is 35.9 Å². The summed E-state index contributed by atoms with van der Waals surface area (Å²) in [4.78, 5) is 20.3. The van der Waals surface area contributed by atoms with Crippen molar-refractivity contribution in [2.45, 2.75) is 13.8 Å². The second-order valence-corrected chi connectivity index (χ2v) is 6.92. The molecule has 124 valence electrons. The maximum absolute atomic E-state index is 12.6. The maximum atomic E-state index is 12.6. The van der Waals surface area contributed by atoms with Gasteiger partial charge in [-0.25, -0.2) is 4.98 Å². The van der Waals surface area contributed by atoms with Gasteiger partial charge in [0.05, 0.1) is 11.3 Å². The molecule has 2 aromatic carbocycles. The van der Waals surface area contributed by atoms with Crippen molar-refractivity contribution >= 4 is 33.3 Å². The summed E-state index contributed by atoms with van der Waals surface area (Å²) in [5, 5.41) is 6.40. The van der Waals surface area contributed by atoms with Crippen molar-refractivity contribution in [1.29, 1.82) is 0 Å². The number of anilines is 1. The third kappa shape index (κ3) is 2.94. The molecule has 0 aliphatic carbocycles. The minimum Gasteiger partial charge on any atom is -0.360 e. The van der Waals surface area contributed by atoms with Crippen LogP contribution in [0, 0.1) is 13.8 Å². The smallest absolute Gasteiger partial charge is 0.259 e. The molecule has 4 aromatic rings. The molecule has 0 aliphatic rings. The van der Waals surface area contributed by atoms with Gasteiger partial charge in [-0.05, 0) is 31.5 Å². The summed E-state index contributed by atoms with van der Waals surface area (Å²) in [6.07, 6.45) is 1.74. The Kier molecular flexibility index (Phi) is 3.86. The molecule has 2 N–H and O–H groups in total. The summed E-state index contributed by atoms with van der Waals surface area (Å²) in [5.41, 5.74) is 5.93. The fourth-order valence-corrected chi connectivity index (χ4v) is 3.60. The minimum absolute atomic E-state index is 0.153. The van der Waals surface area contributed by atoms with E-state index in [1.54, 1.807) is 6.20 Å². The van der Waals surface area contributed by atoms with Gasteiger partial charge in [0.1, 0.15) is 0 Å². The topological polar surface area (TPSA) is 57.8 Å². The number of fused-ring (bicyclic) bond motifs is 1. The predicted molar refractivity (Wildman–Crippen MR) is 103 cm³/mol. The fourth-order valence-electron chi connectivity index (χ4n) is 2.89. The Morgan fingerprint density at radius 1 is 1.16 bits per heavy atom. The number of carbonyl (C=O) groups excluding carboxylic acids is 1. The van der Waals surface area contributed by atoms with Crippen LogP contribution in [0.4, 0.5) is 5.13 Å². The lowest BCUT2D eigenvalue weighted by Gasteiger charge is -2.04. The SMILES string of the molecule is Cc1ccc(C)c(-c2csc(NC(=O)c3c[nH]c4ccccc34)n2)c1. The Morgan fingerprint density at radius 3 is 2.88 bits per heavy atom. The molecule has 4 nitrogen and oxygen atoms in total. The number of hydrogen-bond acceptors (Lipinski definition) is 3. The van der Waals surface area contributed by atoms with Crippen LogP contribution in [-0.4, -0.2) is 15.9 Å². The molecular formula is C20H17N3OS. The number of nitrogens with zero attached hydrogens (tertiary/aromatic N) is 1. The van der Waals surface area contributed by atoms with Crippen molar-refractivity contribution in [1.82, 2.24) is 9.97 Å². The van der Waals surface area contributed by atoms with E-state index >= 15 is 0 Å². The Balaban J connectivity index is 1.61. The van der Waals surface area contributed by atoms with E-state index in [1.165, 1.54) is 22.5 Å². The fraction of sp³-hybridized carbons (Fsp3) is 0.100. The maximum Gasteiger partial charge on any atom is 0.259 e. The number of hydrogen-bond donors (Lipinski definition) is 2. The van der Waals surface area contributed by atoms with E-state index in [2.05, 4.69) is 47.3 Å². The number of para-hydroxylation sites is 1. The van der Waals surface area contributed by atoms with Gasteiger partial charge in [-0.15, -0.1) is 11.3 Å². The number of nitrogens with one attached hydrogen (secondary N) is 2. The highest BCUT2D eigenvalue weighted by atomic mass is 32.1. The number of rotatable bonds is 3. The summed E-state index contributed by atoms with van der Waals surface area (Å²) in [6.45, 7) is 4.13. The van der Waals surface area contributed by atoms with Crippen molar-refractivity contribution in [2.75, 3.05) is 5.32 Å². The number of aryl methyl sites for hydroxylation is 2. The quantitative estimate of drug-likeness (QED) is 0.538. The molecule has 0 unspecified atom stereocenters. The molecule has 0 fully saturated rings. The van der Waals surface area contributed by atoms with Crippen LogP contribution < -0.4 is 5.32 Å². The average molecular weight is 347 g/mol. The Hall–Kier alpha value is -2.92. The Labute approximate surface area is 149 Å². The molecule has 25 heavy (non-hydrogen) atoms. The Bertz CT molecular complexity index is 1080. The van der Waals surface area contributed by atoms with Gasteiger partial charge >= 0.3 is 0 Å². The van der Waals surface area contributed by atoms with Crippen LogP contribution in [0.1, 0.15) is 21.5 Å². The molecule has 0 spiro atoms. The first-order chi connectivity index (χ1) is 12.1. The van der Waals surface area contributed by atoms with E-state index in [-0.39, 0.29) is 5.91 Å². The third-order valence-corrected chi connectivity index (χ3v) is 4.99. The van der Waals surface area contributed by atoms with Gasteiger partial charge in [0.15, 0.2) is 5.13 Å². The normalized spacial score (nSPS) is 11.0. The average Bonchev–Trinajstić information content (AvgIpc) is 3.24. The van der Waals surface area contributed by atoms with Crippen molar-refractivity contribution in [3.05, 3.63) is 70.7 Å². The largest absolute Gasteiger partial charge is 0.360 e. The minimum atomic E-state index is -0.153. The molecule has 2 aromatic heterocycles. The molecule has 0 radical (unpaired) electrons. The van der Waals surface area contributed by atoms with Crippen molar-refractivity contribution < 1.29 is 4.79 Å². The first-order valence-electron chi connectivity index (χ1n) is 8.02. The van der Waals surface area contributed by atoms with E-state index in [9.17, 15) is 4.79 Å². The lowest BCUT2D eigenvalue weighted by atomic mass is 10.0. The first kappa shape index (κ1) is 15.6. The summed E-state index contributed by atoms with van der Waals surface area (Å²) in [5.74, 6) is -0.153. The molecule has 0 bridgehead atoms. The van der Waals surface area contributed by atoms with Gasteiger partial charge in [0, 0.05) is 28.0 Å². The lowest BCUT2D eigenvalue weighted by molar-refractivity contribution is 0.102. The van der Waals surface area contributed by atoms with E-state index in [1.807, 2.05) is 29.6 Å². The zero-order valence-electron chi connectivity index (χ0n) is 14.0. The number of amides is 1. The van der Waals surface area contributed by atoms with Gasteiger partial charge < -0.3 is 4.98 Å². The Morgan fingerprint density at radius 2 is 2.00 bits per heavy atom. The van der Waals surface area contributed by atoms with Crippen molar-refractivity contribution in [2.24, 2.45) is 0 Å². The van der Waals surface area contributed by atoms with Crippen LogP contribution in [0.3, 0.4) is 0 Å². The summed E-state index contributed by atoms with van der Waals surface area (Å²) < 4.78 is 0. The third-order valence-electron chi connectivity index (χ3n) is 4.23. The predicted octanol–water partition coefficient (Wildman–Crippen LogP) is 5.16. The van der Waals surface area contributed by atoms with Crippen molar-refractivity contribution in [3.63, 3.8) is 0 Å². The van der Waals surface area contributed by atoms with Crippen LogP contribution in [0.5, 0.6) is 0 Å². The van der Waals surface area contributed by atoms with Crippen LogP contribution in [-0.2, 0) is 0 Å². The lowest BCUT2D eigenvalue weighted by Crippen LogP contribution is -2.11. The first-order valence-corrected chi connectivity index (χ1v) is 8.90. The zero-order valence-corrected chi connectivity index (χ0v) is 14.8. The molecule has 0 atom stereocenters. The highest BCUT2D eigenvalue weighted by molar-refractivity contribution is 7.14. The number of thiazole rings is 1. The molecule has 2 heterocycles. The van der Waals surface area contributed by atoms with E-state index < -0.39 is 0 Å². The molecule has 0 saturated carbocycles. The van der Waals surface area contributed by atoms with Crippen LogP contribution in [0.25, 0.3) is 22.2 Å². The van der Waals surface area contributed by atoms with Crippen molar-refractivity contribution in [3.8, 4) is 11.3 Å². The molecule has 5 heteroatoms. The molecule has 0 aliphatic heterocycles. The van der Waals surface area contributed by atoms with E-state index in [0.717, 1.165) is 22.2 Å². The molecule has 0 saturated heterocycles. The number of aromatic amines is 1. The number of carbonyl (C=O) groups is 1. The van der Waals surface area contributed by atoms with E-state index in [4.69, 9.17) is 0 Å². The second kappa shape index (κ2) is 6.18. The second-order valence-electron chi connectivity index (χ2n) is 6.06. The van der Waals surface area contributed by atoms with Gasteiger partial charge in [-0.2, -0.15) is 0 Å². The van der Waals surface area contributed by atoms with Crippen LogP contribution >= 0.6 is 11.3 Å². The van der Waals surface area contributed by atoms with Gasteiger partial charge in [0.2, 0.25) is 0 Å². The molecule has 1 amide bonds. The summed E-state index contributed by atoms with van der Waals surface area (Å²) in [7, 11) is 0. The monoisotopic (exact) mass is 347 g/mol. The summed E-state index contributed by atoms with van der Waals surface area (Å²) >= 11 is 1.44.